The van der Waals surface area contributed by atoms with Gasteiger partial charge in [-0.25, -0.2) is 0 Å². The topological polar surface area (TPSA) is 65.1 Å². The quantitative estimate of drug-likeness (QED) is 0.578. The summed E-state index contributed by atoms with van der Waals surface area (Å²) in [5.74, 6) is 5.72. The molecule has 2 aromatic rings. The van der Waals surface area contributed by atoms with E-state index in [0.717, 1.165) is 15.7 Å². The molecule has 0 fully saturated rings. The van der Waals surface area contributed by atoms with Gasteiger partial charge in [-0.2, -0.15) is 5.10 Å². The predicted octanol–water partition coefficient (Wildman–Crippen LogP) is 2.69. The van der Waals surface area contributed by atoms with Crippen molar-refractivity contribution in [3.63, 3.8) is 0 Å². The fraction of sp³-hybridized carbons (Fsp3) is 0.357. The summed E-state index contributed by atoms with van der Waals surface area (Å²) in [5.41, 5.74) is 4.86. The maximum atomic E-state index is 6.27. The van der Waals surface area contributed by atoms with E-state index >= 15 is 0 Å². The Bertz CT molecular complexity index is 590. The number of hydrogen-bond donors (Lipinski definition) is 2. The van der Waals surface area contributed by atoms with Crippen LogP contribution in [0.3, 0.4) is 0 Å². The minimum Gasteiger partial charge on any atom is -0.383 e. The van der Waals surface area contributed by atoms with Crippen LogP contribution in [0.5, 0.6) is 0 Å². The summed E-state index contributed by atoms with van der Waals surface area (Å²) >= 11 is 9.74. The average Bonchev–Trinajstić information content (AvgIpc) is 2.83. The molecule has 0 saturated heterocycles. The van der Waals surface area contributed by atoms with E-state index in [-0.39, 0.29) is 6.04 Å². The standard InChI is InChI=1S/C14H18BrClN4O/c1-21-6-5-20-14(12(16)9-18-20)13(19-17)8-10-3-2-4-11(15)7-10/h2-4,7,9,13,19H,5-6,8,17H2,1H3. The van der Waals surface area contributed by atoms with Crippen molar-refractivity contribution in [2.45, 2.75) is 19.0 Å². The second-order valence-corrected chi connectivity index (χ2v) is 5.97. The summed E-state index contributed by atoms with van der Waals surface area (Å²) < 4.78 is 7.96. The molecule has 0 saturated carbocycles. The third-order valence-electron chi connectivity index (χ3n) is 3.20. The molecule has 1 unspecified atom stereocenters. The third kappa shape index (κ3) is 4.28. The molecule has 1 aromatic heterocycles. The van der Waals surface area contributed by atoms with E-state index in [9.17, 15) is 0 Å². The van der Waals surface area contributed by atoms with Crippen LogP contribution < -0.4 is 11.3 Å². The Morgan fingerprint density at radius 3 is 3.00 bits per heavy atom. The van der Waals surface area contributed by atoms with Crippen molar-refractivity contribution in [2.75, 3.05) is 13.7 Å². The highest BCUT2D eigenvalue weighted by Crippen LogP contribution is 2.26. The van der Waals surface area contributed by atoms with Crippen LogP contribution in [0.2, 0.25) is 5.02 Å². The lowest BCUT2D eigenvalue weighted by Gasteiger charge is -2.18. The van der Waals surface area contributed by atoms with Crippen LogP contribution in [-0.2, 0) is 17.7 Å². The van der Waals surface area contributed by atoms with Crippen molar-refractivity contribution in [1.82, 2.24) is 15.2 Å². The SMILES string of the molecule is COCCn1ncc(Cl)c1C(Cc1cccc(Br)c1)NN. The van der Waals surface area contributed by atoms with Crippen LogP contribution in [0, 0.1) is 0 Å². The van der Waals surface area contributed by atoms with Gasteiger partial charge in [-0.05, 0) is 24.1 Å². The normalized spacial score (nSPS) is 12.6. The maximum Gasteiger partial charge on any atom is 0.0834 e. The van der Waals surface area contributed by atoms with E-state index in [2.05, 4.69) is 38.6 Å². The summed E-state index contributed by atoms with van der Waals surface area (Å²) in [5, 5.41) is 4.88. The maximum absolute atomic E-state index is 6.27. The van der Waals surface area contributed by atoms with Gasteiger partial charge < -0.3 is 4.74 Å². The number of nitrogens with two attached hydrogens (primary N) is 1. The van der Waals surface area contributed by atoms with Gasteiger partial charge in [-0.1, -0.05) is 39.7 Å². The monoisotopic (exact) mass is 372 g/mol. The first kappa shape index (κ1) is 16.5. The molecule has 1 heterocycles. The fourth-order valence-electron chi connectivity index (χ4n) is 2.21. The van der Waals surface area contributed by atoms with Gasteiger partial charge in [0.25, 0.3) is 0 Å². The molecular weight excluding hydrogens is 356 g/mol. The Hall–Kier alpha value is -0.920. The summed E-state index contributed by atoms with van der Waals surface area (Å²) in [6.07, 6.45) is 2.35. The van der Waals surface area contributed by atoms with Gasteiger partial charge in [0.1, 0.15) is 0 Å². The lowest BCUT2D eigenvalue weighted by atomic mass is 10.0. The number of nitrogens with one attached hydrogen (secondary N) is 1. The molecule has 0 bridgehead atoms. The predicted molar refractivity (Wildman–Crippen MR) is 87.0 cm³/mol. The van der Waals surface area contributed by atoms with Crippen molar-refractivity contribution >= 4 is 27.5 Å². The van der Waals surface area contributed by atoms with Crippen LogP contribution in [0.1, 0.15) is 17.3 Å². The van der Waals surface area contributed by atoms with Gasteiger partial charge in [0.15, 0.2) is 0 Å². The molecule has 0 aliphatic carbocycles. The van der Waals surface area contributed by atoms with Gasteiger partial charge in [0.05, 0.1) is 36.1 Å². The van der Waals surface area contributed by atoms with Gasteiger partial charge in [0.2, 0.25) is 0 Å². The molecule has 3 N–H and O–H groups in total. The van der Waals surface area contributed by atoms with Crippen molar-refractivity contribution in [3.8, 4) is 0 Å². The first-order chi connectivity index (χ1) is 10.2. The first-order valence-electron chi connectivity index (χ1n) is 6.56. The van der Waals surface area contributed by atoms with Crippen LogP contribution in [-0.4, -0.2) is 23.5 Å². The number of aromatic nitrogens is 2. The van der Waals surface area contributed by atoms with Crippen molar-refractivity contribution in [3.05, 3.63) is 51.2 Å². The van der Waals surface area contributed by atoms with E-state index < -0.39 is 0 Å². The number of nitrogens with zero attached hydrogens (tertiary/aromatic N) is 2. The van der Waals surface area contributed by atoms with Crippen LogP contribution in [0.4, 0.5) is 0 Å². The molecule has 0 spiro atoms. The molecular formula is C14H18BrClN4O. The smallest absolute Gasteiger partial charge is 0.0834 e. The summed E-state index contributed by atoms with van der Waals surface area (Å²) in [7, 11) is 1.66. The van der Waals surface area contributed by atoms with Crippen molar-refractivity contribution < 1.29 is 4.74 Å². The van der Waals surface area contributed by atoms with E-state index in [1.165, 1.54) is 0 Å². The summed E-state index contributed by atoms with van der Waals surface area (Å²) in [6.45, 7) is 1.20. The highest BCUT2D eigenvalue weighted by Gasteiger charge is 2.20. The summed E-state index contributed by atoms with van der Waals surface area (Å²) in [6, 6.07) is 7.99. The largest absolute Gasteiger partial charge is 0.383 e. The van der Waals surface area contributed by atoms with Gasteiger partial charge >= 0.3 is 0 Å². The summed E-state index contributed by atoms with van der Waals surface area (Å²) in [4.78, 5) is 0. The minimum atomic E-state index is -0.119. The lowest BCUT2D eigenvalue weighted by Crippen LogP contribution is -2.32. The Kier molecular flexibility index (Phi) is 6.20. The molecule has 0 aliphatic heterocycles. The third-order valence-corrected chi connectivity index (χ3v) is 3.99. The number of benzene rings is 1. The molecule has 2 rings (SSSR count). The molecule has 5 nitrogen and oxygen atoms in total. The highest BCUT2D eigenvalue weighted by molar-refractivity contribution is 9.10. The molecule has 1 aromatic carbocycles. The average molecular weight is 374 g/mol. The molecule has 0 radical (unpaired) electrons. The zero-order valence-electron chi connectivity index (χ0n) is 11.7. The molecule has 1 atom stereocenters. The Labute approximate surface area is 137 Å². The Morgan fingerprint density at radius 2 is 2.33 bits per heavy atom. The number of rotatable bonds is 7. The molecule has 21 heavy (non-hydrogen) atoms. The number of ether oxygens (including phenoxy) is 1. The zero-order chi connectivity index (χ0) is 15.2. The van der Waals surface area contributed by atoms with E-state index in [1.54, 1.807) is 13.3 Å². The molecule has 114 valence electrons. The van der Waals surface area contributed by atoms with Crippen LogP contribution in [0.25, 0.3) is 0 Å². The fourth-order valence-corrected chi connectivity index (χ4v) is 2.93. The molecule has 0 aliphatic rings. The van der Waals surface area contributed by atoms with Gasteiger partial charge in [-0.15, -0.1) is 0 Å². The first-order valence-corrected chi connectivity index (χ1v) is 7.73. The Morgan fingerprint density at radius 1 is 1.52 bits per heavy atom. The van der Waals surface area contributed by atoms with E-state index in [1.807, 2.05) is 16.8 Å². The molecule has 7 heteroatoms. The molecule has 0 amide bonds. The highest BCUT2D eigenvalue weighted by atomic mass is 79.9. The number of methoxy groups -OCH3 is 1. The number of halogens is 2. The minimum absolute atomic E-state index is 0.119. The van der Waals surface area contributed by atoms with E-state index in [0.29, 0.717) is 24.6 Å². The zero-order valence-corrected chi connectivity index (χ0v) is 14.1. The Balaban J connectivity index is 2.22. The van der Waals surface area contributed by atoms with Crippen LogP contribution >= 0.6 is 27.5 Å². The van der Waals surface area contributed by atoms with Crippen molar-refractivity contribution in [2.24, 2.45) is 5.84 Å². The number of hydrazine groups is 1. The second-order valence-electron chi connectivity index (χ2n) is 4.65. The van der Waals surface area contributed by atoms with Crippen molar-refractivity contribution in [1.29, 1.82) is 0 Å². The lowest BCUT2D eigenvalue weighted by molar-refractivity contribution is 0.181. The van der Waals surface area contributed by atoms with Gasteiger partial charge in [-0.3, -0.25) is 16.0 Å². The van der Waals surface area contributed by atoms with Gasteiger partial charge in [0, 0.05) is 11.6 Å². The van der Waals surface area contributed by atoms with E-state index in [4.69, 9.17) is 22.2 Å². The number of hydrogen-bond acceptors (Lipinski definition) is 4. The second kappa shape index (κ2) is 7.91. The van der Waals surface area contributed by atoms with Crippen LogP contribution in [0.15, 0.2) is 34.9 Å².